The molecule has 1 aromatic heterocycles. The van der Waals surface area contributed by atoms with E-state index in [9.17, 15) is 9.18 Å². The van der Waals surface area contributed by atoms with E-state index in [0.29, 0.717) is 6.54 Å². The Kier molecular flexibility index (Phi) is 6.11. The summed E-state index contributed by atoms with van der Waals surface area (Å²) in [6.45, 7) is 0.699. The minimum Gasteiger partial charge on any atom is -0.340 e. The van der Waals surface area contributed by atoms with Crippen LogP contribution in [0.4, 0.5) is 4.39 Å². The lowest BCUT2D eigenvalue weighted by Gasteiger charge is -2.16. The molecule has 0 radical (unpaired) electrons. The highest BCUT2D eigenvalue weighted by molar-refractivity contribution is 9.09. The highest BCUT2D eigenvalue weighted by atomic mass is 79.9. The summed E-state index contributed by atoms with van der Waals surface area (Å²) in [6, 6.07) is 2.66. The second-order valence-corrected chi connectivity index (χ2v) is 4.63. The van der Waals surface area contributed by atoms with Crippen LogP contribution in [0, 0.1) is 5.82 Å². The molecule has 3 nitrogen and oxygen atoms in total. The first-order valence-corrected chi connectivity index (χ1v) is 6.70. The molecule has 1 amide bonds. The molecule has 0 unspecified atom stereocenters. The number of halogens is 2. The Labute approximate surface area is 109 Å². The smallest absolute Gasteiger partial charge is 0.272 e. The number of hydrogen-bond acceptors (Lipinski definition) is 2. The van der Waals surface area contributed by atoms with Gasteiger partial charge in [-0.15, -0.1) is 0 Å². The van der Waals surface area contributed by atoms with Crippen LogP contribution in [-0.4, -0.2) is 34.7 Å². The Bertz CT molecular complexity index is 356. The number of pyridine rings is 1. The third kappa shape index (κ3) is 4.81. The lowest BCUT2D eigenvalue weighted by molar-refractivity contribution is 0.0787. The van der Waals surface area contributed by atoms with E-state index in [1.54, 1.807) is 11.9 Å². The first kappa shape index (κ1) is 14.1. The molecule has 0 aliphatic carbocycles. The molecule has 0 aliphatic heterocycles. The molecular formula is C12H16BrFN2O. The largest absolute Gasteiger partial charge is 0.340 e. The maximum Gasteiger partial charge on any atom is 0.272 e. The molecule has 0 saturated carbocycles. The fourth-order valence-corrected chi connectivity index (χ4v) is 1.82. The minimum atomic E-state index is -0.429. The van der Waals surface area contributed by atoms with Gasteiger partial charge in [0.05, 0.1) is 6.20 Å². The predicted octanol–water partition coefficient (Wildman–Crippen LogP) is 2.86. The topological polar surface area (TPSA) is 33.2 Å². The quantitative estimate of drug-likeness (QED) is 0.598. The predicted molar refractivity (Wildman–Crippen MR) is 68.8 cm³/mol. The molecule has 17 heavy (non-hydrogen) atoms. The summed E-state index contributed by atoms with van der Waals surface area (Å²) >= 11 is 3.36. The monoisotopic (exact) mass is 302 g/mol. The summed E-state index contributed by atoms with van der Waals surface area (Å²) in [5.41, 5.74) is 0.286. The Morgan fingerprint density at radius 3 is 2.76 bits per heavy atom. The molecule has 0 fully saturated rings. The van der Waals surface area contributed by atoms with Crippen molar-refractivity contribution in [3.63, 3.8) is 0 Å². The molecule has 0 spiro atoms. The number of hydrogen-bond donors (Lipinski definition) is 0. The van der Waals surface area contributed by atoms with Gasteiger partial charge in [-0.05, 0) is 25.0 Å². The minimum absolute atomic E-state index is 0.163. The van der Waals surface area contributed by atoms with Crippen LogP contribution < -0.4 is 0 Å². The van der Waals surface area contributed by atoms with E-state index < -0.39 is 5.82 Å². The highest BCUT2D eigenvalue weighted by Crippen LogP contribution is 2.05. The van der Waals surface area contributed by atoms with Crippen LogP contribution >= 0.6 is 15.9 Å². The van der Waals surface area contributed by atoms with E-state index in [4.69, 9.17) is 0 Å². The first-order chi connectivity index (χ1) is 8.15. The maximum atomic E-state index is 12.6. The SMILES string of the molecule is CN(CCCCCBr)C(=O)c1ccc(F)cn1. The zero-order valence-electron chi connectivity index (χ0n) is 9.83. The van der Waals surface area contributed by atoms with Crippen molar-refractivity contribution in [2.75, 3.05) is 18.9 Å². The van der Waals surface area contributed by atoms with Gasteiger partial charge in [0, 0.05) is 18.9 Å². The number of nitrogens with zero attached hydrogens (tertiary/aromatic N) is 2. The summed E-state index contributed by atoms with van der Waals surface area (Å²) in [5.74, 6) is -0.592. The highest BCUT2D eigenvalue weighted by Gasteiger charge is 2.12. The van der Waals surface area contributed by atoms with E-state index in [1.165, 1.54) is 12.1 Å². The van der Waals surface area contributed by atoms with Gasteiger partial charge in [-0.1, -0.05) is 22.4 Å². The van der Waals surface area contributed by atoms with Gasteiger partial charge in [0.2, 0.25) is 0 Å². The summed E-state index contributed by atoms with van der Waals surface area (Å²) in [4.78, 5) is 17.2. The number of unbranched alkanes of at least 4 members (excludes halogenated alkanes) is 2. The van der Waals surface area contributed by atoms with Gasteiger partial charge in [0.1, 0.15) is 11.5 Å². The normalized spacial score (nSPS) is 10.3. The first-order valence-electron chi connectivity index (χ1n) is 5.58. The van der Waals surface area contributed by atoms with Crippen molar-refractivity contribution in [3.05, 3.63) is 29.8 Å². The zero-order chi connectivity index (χ0) is 12.7. The van der Waals surface area contributed by atoms with E-state index >= 15 is 0 Å². The van der Waals surface area contributed by atoms with Crippen LogP contribution in [-0.2, 0) is 0 Å². The Morgan fingerprint density at radius 2 is 2.18 bits per heavy atom. The summed E-state index contributed by atoms with van der Waals surface area (Å²) in [5, 5.41) is 0.990. The lowest BCUT2D eigenvalue weighted by atomic mass is 10.2. The second kappa shape index (κ2) is 7.37. The molecule has 0 aromatic carbocycles. The van der Waals surface area contributed by atoms with Crippen molar-refractivity contribution in [1.29, 1.82) is 0 Å². The average molecular weight is 303 g/mol. The molecule has 1 rings (SSSR count). The van der Waals surface area contributed by atoms with Crippen molar-refractivity contribution >= 4 is 21.8 Å². The number of aromatic nitrogens is 1. The summed E-state index contributed by atoms with van der Waals surface area (Å²) in [6.07, 6.45) is 4.22. The molecule has 1 aromatic rings. The summed E-state index contributed by atoms with van der Waals surface area (Å²) in [7, 11) is 1.74. The molecular weight excluding hydrogens is 287 g/mol. The van der Waals surface area contributed by atoms with E-state index in [-0.39, 0.29) is 11.6 Å². The van der Waals surface area contributed by atoms with E-state index in [0.717, 1.165) is 30.8 Å². The van der Waals surface area contributed by atoms with Crippen LogP contribution in [0.3, 0.4) is 0 Å². The number of carbonyl (C=O) groups excluding carboxylic acids is 1. The van der Waals surface area contributed by atoms with Crippen molar-refractivity contribution in [2.24, 2.45) is 0 Å². The Morgan fingerprint density at radius 1 is 1.41 bits per heavy atom. The van der Waals surface area contributed by atoms with Crippen LogP contribution in [0.15, 0.2) is 18.3 Å². The Balaban J connectivity index is 2.43. The van der Waals surface area contributed by atoms with Crippen LogP contribution in [0.25, 0.3) is 0 Å². The van der Waals surface area contributed by atoms with Crippen molar-refractivity contribution in [1.82, 2.24) is 9.88 Å². The lowest BCUT2D eigenvalue weighted by Crippen LogP contribution is -2.28. The fraction of sp³-hybridized carbons (Fsp3) is 0.500. The third-order valence-electron chi connectivity index (χ3n) is 2.42. The molecule has 0 N–H and O–H groups in total. The van der Waals surface area contributed by atoms with Gasteiger partial charge < -0.3 is 4.90 Å². The number of alkyl halides is 1. The molecule has 94 valence electrons. The van der Waals surface area contributed by atoms with E-state index in [1.807, 2.05) is 0 Å². The number of carbonyl (C=O) groups is 1. The average Bonchev–Trinajstić information content (AvgIpc) is 2.34. The van der Waals surface area contributed by atoms with Crippen LogP contribution in [0.5, 0.6) is 0 Å². The molecule has 0 atom stereocenters. The summed E-state index contributed by atoms with van der Waals surface area (Å²) < 4.78 is 12.6. The van der Waals surface area contributed by atoms with Crippen molar-refractivity contribution in [3.8, 4) is 0 Å². The number of amides is 1. The Hall–Kier alpha value is -0.970. The standard InChI is InChI=1S/C12H16BrFN2O/c1-16(8-4-2-3-7-13)12(17)11-6-5-10(14)9-15-11/h5-6,9H,2-4,7-8H2,1H3. The van der Waals surface area contributed by atoms with Gasteiger partial charge >= 0.3 is 0 Å². The number of rotatable bonds is 6. The van der Waals surface area contributed by atoms with Gasteiger partial charge in [-0.25, -0.2) is 9.37 Å². The fourth-order valence-electron chi connectivity index (χ4n) is 1.42. The van der Waals surface area contributed by atoms with Crippen LogP contribution in [0.1, 0.15) is 29.8 Å². The van der Waals surface area contributed by atoms with Gasteiger partial charge in [0.15, 0.2) is 0 Å². The molecule has 0 bridgehead atoms. The molecule has 1 heterocycles. The van der Waals surface area contributed by atoms with Gasteiger partial charge in [-0.2, -0.15) is 0 Å². The molecule has 0 saturated heterocycles. The zero-order valence-corrected chi connectivity index (χ0v) is 11.4. The van der Waals surface area contributed by atoms with E-state index in [2.05, 4.69) is 20.9 Å². The third-order valence-corrected chi connectivity index (χ3v) is 2.98. The van der Waals surface area contributed by atoms with Crippen molar-refractivity contribution in [2.45, 2.75) is 19.3 Å². The maximum absolute atomic E-state index is 12.6. The molecule has 5 heteroatoms. The molecule has 0 aliphatic rings. The van der Waals surface area contributed by atoms with Crippen molar-refractivity contribution < 1.29 is 9.18 Å². The second-order valence-electron chi connectivity index (χ2n) is 3.84. The van der Waals surface area contributed by atoms with Crippen LogP contribution in [0.2, 0.25) is 0 Å². The van der Waals surface area contributed by atoms with Gasteiger partial charge in [-0.3, -0.25) is 4.79 Å². The van der Waals surface area contributed by atoms with Gasteiger partial charge in [0.25, 0.3) is 5.91 Å².